The van der Waals surface area contributed by atoms with Crippen molar-refractivity contribution in [3.05, 3.63) is 16.8 Å². The van der Waals surface area contributed by atoms with Crippen LogP contribution in [0.1, 0.15) is 23.8 Å². The smallest absolute Gasteiger partial charge is 0.164 e. The molecule has 0 saturated heterocycles. The number of fused-ring (bicyclic) bond motifs is 3. The fourth-order valence-corrected chi connectivity index (χ4v) is 3.93. The maximum atomic E-state index is 5.27. The van der Waals surface area contributed by atoms with Crippen LogP contribution in [0.25, 0.3) is 10.2 Å². The average molecular weight is 263 g/mol. The van der Waals surface area contributed by atoms with E-state index in [2.05, 4.69) is 16.9 Å². The molecule has 5 heteroatoms. The number of nitrogens with zero attached hydrogens (tertiary/aromatic N) is 3. The number of anilines is 1. The van der Waals surface area contributed by atoms with Crippen molar-refractivity contribution in [2.24, 2.45) is 5.92 Å². The van der Waals surface area contributed by atoms with Gasteiger partial charge in [0.15, 0.2) is 5.82 Å². The van der Waals surface area contributed by atoms with Crippen molar-refractivity contribution in [1.82, 2.24) is 9.97 Å². The molecule has 0 aromatic carbocycles. The third-order valence-electron chi connectivity index (χ3n) is 3.64. The fraction of sp³-hybridized carbons (Fsp3) is 0.538. The first kappa shape index (κ1) is 11.9. The summed E-state index contributed by atoms with van der Waals surface area (Å²) in [6.07, 6.45) is 5.18. The molecule has 1 aliphatic rings. The number of rotatable bonds is 2. The maximum Gasteiger partial charge on any atom is 0.164 e. The number of hydroxylamine groups is 1. The largest absolute Gasteiger partial charge is 0.276 e. The molecule has 0 aliphatic heterocycles. The van der Waals surface area contributed by atoms with Gasteiger partial charge in [0.1, 0.15) is 11.2 Å². The highest BCUT2D eigenvalue weighted by molar-refractivity contribution is 7.19. The highest BCUT2D eigenvalue weighted by atomic mass is 32.1. The lowest BCUT2D eigenvalue weighted by molar-refractivity contribution is 0.183. The zero-order valence-electron chi connectivity index (χ0n) is 10.9. The van der Waals surface area contributed by atoms with Gasteiger partial charge in [-0.1, -0.05) is 6.92 Å². The Balaban J connectivity index is 2.21. The normalized spacial score (nSPS) is 18.9. The van der Waals surface area contributed by atoms with Crippen molar-refractivity contribution in [3.63, 3.8) is 0 Å². The molecule has 18 heavy (non-hydrogen) atoms. The third-order valence-corrected chi connectivity index (χ3v) is 4.81. The standard InChI is InChI=1S/C13H17N3OS/c1-8-4-5-9-10(6-8)18-13-11(9)12(14-7-15-13)16(2)17-3/h7-8H,4-6H2,1-3H3/t8-/m1/s1. The summed E-state index contributed by atoms with van der Waals surface area (Å²) in [5.41, 5.74) is 1.44. The second-order valence-corrected chi connectivity index (χ2v) is 5.99. The Labute approximate surface area is 111 Å². The van der Waals surface area contributed by atoms with E-state index in [1.165, 1.54) is 28.7 Å². The Morgan fingerprint density at radius 1 is 1.44 bits per heavy atom. The Kier molecular flexibility index (Phi) is 2.95. The van der Waals surface area contributed by atoms with Crippen molar-refractivity contribution < 1.29 is 4.84 Å². The highest BCUT2D eigenvalue weighted by Gasteiger charge is 2.24. The van der Waals surface area contributed by atoms with Crippen LogP contribution in [-0.2, 0) is 17.7 Å². The molecule has 0 amide bonds. The molecule has 0 unspecified atom stereocenters. The second-order valence-electron chi connectivity index (χ2n) is 4.91. The molecule has 96 valence electrons. The molecule has 0 spiro atoms. The third kappa shape index (κ3) is 1.78. The topological polar surface area (TPSA) is 38.2 Å². The highest BCUT2D eigenvalue weighted by Crippen LogP contribution is 2.40. The van der Waals surface area contributed by atoms with Crippen molar-refractivity contribution in [2.75, 3.05) is 19.2 Å². The van der Waals surface area contributed by atoms with Crippen LogP contribution in [0.2, 0.25) is 0 Å². The number of thiophene rings is 1. The number of aromatic nitrogens is 2. The summed E-state index contributed by atoms with van der Waals surface area (Å²) in [5, 5.41) is 2.91. The van der Waals surface area contributed by atoms with Gasteiger partial charge in [0, 0.05) is 11.9 Å². The van der Waals surface area contributed by atoms with E-state index in [-0.39, 0.29) is 0 Å². The monoisotopic (exact) mass is 263 g/mol. The predicted molar refractivity (Wildman–Crippen MR) is 74.0 cm³/mol. The van der Waals surface area contributed by atoms with Crippen molar-refractivity contribution in [3.8, 4) is 0 Å². The Bertz CT molecular complexity index is 581. The zero-order chi connectivity index (χ0) is 12.7. The van der Waals surface area contributed by atoms with Gasteiger partial charge in [0.25, 0.3) is 0 Å². The van der Waals surface area contributed by atoms with Gasteiger partial charge in [-0.15, -0.1) is 11.3 Å². The van der Waals surface area contributed by atoms with E-state index in [1.807, 2.05) is 18.4 Å². The van der Waals surface area contributed by atoms with Crippen LogP contribution in [-0.4, -0.2) is 24.1 Å². The lowest BCUT2D eigenvalue weighted by atomic mass is 9.89. The molecular weight excluding hydrogens is 246 g/mol. The minimum atomic E-state index is 0.780. The lowest BCUT2D eigenvalue weighted by Gasteiger charge is -2.20. The molecule has 2 aromatic heterocycles. The minimum Gasteiger partial charge on any atom is -0.276 e. The molecule has 0 N–H and O–H groups in total. The van der Waals surface area contributed by atoms with Crippen LogP contribution in [0.4, 0.5) is 5.82 Å². The fourth-order valence-electron chi connectivity index (χ4n) is 2.58. The van der Waals surface area contributed by atoms with E-state index >= 15 is 0 Å². The van der Waals surface area contributed by atoms with Crippen LogP contribution in [0.15, 0.2) is 6.33 Å². The summed E-state index contributed by atoms with van der Waals surface area (Å²) < 4.78 is 0. The molecule has 3 rings (SSSR count). The number of hydrogen-bond donors (Lipinski definition) is 0. The second kappa shape index (κ2) is 4.48. The van der Waals surface area contributed by atoms with E-state index in [0.717, 1.165) is 23.0 Å². The Morgan fingerprint density at radius 2 is 2.28 bits per heavy atom. The van der Waals surface area contributed by atoms with Gasteiger partial charge in [0.2, 0.25) is 0 Å². The van der Waals surface area contributed by atoms with Crippen LogP contribution in [0.5, 0.6) is 0 Å². The SMILES string of the molecule is CON(C)c1ncnc2sc3c(c12)CC[C@@H](C)C3. The Morgan fingerprint density at radius 3 is 3.06 bits per heavy atom. The minimum absolute atomic E-state index is 0.780. The van der Waals surface area contributed by atoms with Gasteiger partial charge in [-0.25, -0.2) is 15.0 Å². The van der Waals surface area contributed by atoms with E-state index in [9.17, 15) is 0 Å². The van der Waals surface area contributed by atoms with Crippen LogP contribution in [0, 0.1) is 5.92 Å². The predicted octanol–water partition coefficient (Wildman–Crippen LogP) is 2.81. The van der Waals surface area contributed by atoms with E-state index in [0.29, 0.717) is 0 Å². The molecule has 0 radical (unpaired) electrons. The van der Waals surface area contributed by atoms with E-state index in [1.54, 1.807) is 18.5 Å². The molecular formula is C13H17N3OS. The van der Waals surface area contributed by atoms with Crippen LogP contribution < -0.4 is 5.06 Å². The quantitative estimate of drug-likeness (QED) is 0.781. The van der Waals surface area contributed by atoms with Gasteiger partial charge in [0.05, 0.1) is 12.5 Å². The summed E-state index contributed by atoms with van der Waals surface area (Å²) in [6, 6.07) is 0. The molecule has 1 aliphatic carbocycles. The Hall–Kier alpha value is -1.20. The summed E-state index contributed by atoms with van der Waals surface area (Å²) in [6.45, 7) is 2.32. The summed E-state index contributed by atoms with van der Waals surface area (Å²) >= 11 is 1.81. The first-order valence-electron chi connectivity index (χ1n) is 6.23. The molecule has 2 heterocycles. The van der Waals surface area contributed by atoms with Crippen LogP contribution >= 0.6 is 11.3 Å². The molecule has 0 bridgehead atoms. The first-order chi connectivity index (χ1) is 8.70. The molecule has 0 fully saturated rings. The van der Waals surface area contributed by atoms with Gasteiger partial charge >= 0.3 is 0 Å². The van der Waals surface area contributed by atoms with Gasteiger partial charge in [-0.05, 0) is 30.7 Å². The summed E-state index contributed by atoms with van der Waals surface area (Å²) in [4.78, 5) is 16.6. The zero-order valence-corrected chi connectivity index (χ0v) is 11.8. The van der Waals surface area contributed by atoms with Crippen LogP contribution in [0.3, 0.4) is 0 Å². The van der Waals surface area contributed by atoms with Gasteiger partial charge < -0.3 is 0 Å². The summed E-state index contributed by atoms with van der Waals surface area (Å²) in [5.74, 6) is 1.66. The van der Waals surface area contributed by atoms with Gasteiger partial charge in [-0.3, -0.25) is 4.84 Å². The molecule has 0 saturated carbocycles. The first-order valence-corrected chi connectivity index (χ1v) is 7.05. The molecule has 2 aromatic rings. The number of aryl methyl sites for hydroxylation is 1. The number of hydrogen-bond acceptors (Lipinski definition) is 5. The van der Waals surface area contributed by atoms with E-state index < -0.39 is 0 Å². The van der Waals surface area contributed by atoms with Crippen molar-refractivity contribution in [2.45, 2.75) is 26.2 Å². The van der Waals surface area contributed by atoms with Crippen molar-refractivity contribution in [1.29, 1.82) is 0 Å². The van der Waals surface area contributed by atoms with Crippen molar-refractivity contribution >= 4 is 27.4 Å². The van der Waals surface area contributed by atoms with E-state index in [4.69, 9.17) is 4.84 Å². The van der Waals surface area contributed by atoms with Gasteiger partial charge in [-0.2, -0.15) is 0 Å². The molecule has 1 atom stereocenters. The lowest BCUT2D eigenvalue weighted by Crippen LogP contribution is -2.17. The average Bonchev–Trinajstić information content (AvgIpc) is 2.74. The molecule has 4 nitrogen and oxygen atoms in total. The summed E-state index contributed by atoms with van der Waals surface area (Å²) in [7, 11) is 3.55. The maximum absolute atomic E-state index is 5.27.